The predicted molar refractivity (Wildman–Crippen MR) is 302 cm³/mol. The Morgan fingerprint density at radius 3 is 1.16 bits per heavy atom. The van der Waals surface area contributed by atoms with E-state index < -0.39 is 26.6 Å². The van der Waals surface area contributed by atoms with Crippen molar-refractivity contribution < 1.29 is 32.9 Å². The Kier molecular flexibility index (Phi) is 51.6. The molecule has 1 amide bonds. The normalized spacial score (nSPS) is 14.1. The first-order valence-electron chi connectivity index (χ1n) is 30.4. The highest BCUT2D eigenvalue weighted by atomic mass is 31.2. The zero-order valence-electron chi connectivity index (χ0n) is 47.2. The van der Waals surface area contributed by atoms with E-state index in [1.54, 1.807) is 6.08 Å². The number of carbonyl (C=O) groups is 1. The van der Waals surface area contributed by atoms with Crippen LogP contribution in [0.3, 0.4) is 0 Å². The number of carbonyl (C=O) groups excluding carboxylic acids is 1. The van der Waals surface area contributed by atoms with E-state index in [2.05, 4.69) is 43.5 Å². The third kappa shape index (κ3) is 54.5. The van der Waals surface area contributed by atoms with Crippen LogP contribution in [-0.2, 0) is 18.4 Å². The largest absolute Gasteiger partial charge is 0.756 e. The van der Waals surface area contributed by atoms with Crippen molar-refractivity contribution in [2.45, 2.75) is 309 Å². The van der Waals surface area contributed by atoms with Crippen LogP contribution in [0.2, 0.25) is 0 Å². The number of nitrogens with zero attached hydrogens (tertiary/aromatic N) is 1. The summed E-state index contributed by atoms with van der Waals surface area (Å²) in [5.41, 5.74) is 0. The van der Waals surface area contributed by atoms with E-state index in [4.69, 9.17) is 9.05 Å². The lowest BCUT2D eigenvalue weighted by Crippen LogP contribution is -2.45. The zero-order chi connectivity index (χ0) is 51.3. The number of hydrogen-bond donors (Lipinski definition) is 2. The van der Waals surface area contributed by atoms with Crippen LogP contribution in [-0.4, -0.2) is 68.5 Å². The van der Waals surface area contributed by atoms with E-state index >= 15 is 0 Å². The van der Waals surface area contributed by atoms with Crippen molar-refractivity contribution >= 4 is 13.7 Å². The monoisotopic (exact) mass is 1010 g/mol. The number of rotatable bonds is 56. The molecule has 0 aliphatic heterocycles. The topological polar surface area (TPSA) is 108 Å². The van der Waals surface area contributed by atoms with Gasteiger partial charge in [0, 0.05) is 6.42 Å². The summed E-state index contributed by atoms with van der Waals surface area (Å²) >= 11 is 0. The molecule has 0 saturated carbocycles. The SMILES string of the molecule is CCCCCCCCCCCCCC/C=C\CCCCCCCCCCCCCC(=O)NC(COP(=O)([O-])OCC[N+](C)(C)C)C(O)/C=C/CC/C=C/CCCCCCCCCCCCCCCCC. The van der Waals surface area contributed by atoms with Crippen molar-refractivity contribution in [2.75, 3.05) is 40.9 Å². The summed E-state index contributed by atoms with van der Waals surface area (Å²) in [6.45, 7) is 4.67. The Hall–Kier alpha value is -1.28. The molecule has 3 atom stereocenters. The Morgan fingerprint density at radius 2 is 0.800 bits per heavy atom. The summed E-state index contributed by atoms with van der Waals surface area (Å²) in [5, 5.41) is 13.9. The number of likely N-dealkylation sites (N-methyl/N-ethyl adjacent to an activating group) is 1. The highest BCUT2D eigenvalue weighted by molar-refractivity contribution is 7.45. The molecule has 70 heavy (non-hydrogen) atoms. The predicted octanol–water partition coefficient (Wildman–Crippen LogP) is 17.9. The second kappa shape index (κ2) is 52.6. The van der Waals surface area contributed by atoms with Gasteiger partial charge in [0.05, 0.1) is 39.9 Å². The molecule has 0 aromatic rings. The smallest absolute Gasteiger partial charge is 0.268 e. The van der Waals surface area contributed by atoms with Gasteiger partial charge in [-0.05, 0) is 57.8 Å². The molecule has 0 rings (SSSR count). The van der Waals surface area contributed by atoms with Crippen molar-refractivity contribution in [1.82, 2.24) is 5.32 Å². The van der Waals surface area contributed by atoms with E-state index in [0.717, 1.165) is 38.5 Å². The van der Waals surface area contributed by atoms with Crippen molar-refractivity contribution in [3.63, 3.8) is 0 Å². The second-order valence-corrected chi connectivity index (χ2v) is 23.5. The van der Waals surface area contributed by atoms with Crippen LogP contribution in [0.4, 0.5) is 0 Å². The number of phosphoric acid groups is 1. The third-order valence-corrected chi connectivity index (χ3v) is 14.8. The number of amides is 1. The fourth-order valence-corrected chi connectivity index (χ4v) is 9.77. The molecule has 0 bridgehead atoms. The van der Waals surface area contributed by atoms with Gasteiger partial charge in [-0.25, -0.2) is 0 Å². The molecule has 0 saturated heterocycles. The number of aliphatic hydroxyl groups is 1. The van der Waals surface area contributed by atoms with E-state index in [-0.39, 0.29) is 12.5 Å². The second-order valence-electron chi connectivity index (χ2n) is 22.0. The lowest BCUT2D eigenvalue weighted by Gasteiger charge is -2.29. The number of quaternary nitrogens is 1. The molecule has 9 heteroatoms. The summed E-state index contributed by atoms with van der Waals surface area (Å²) in [7, 11) is 1.25. The molecule has 0 aliphatic carbocycles. The molecule has 0 spiro atoms. The Labute approximate surface area is 436 Å². The standard InChI is InChI=1S/C61H119N2O6P/c1-6-8-10-12-14-16-18-20-22-24-26-28-29-30-31-32-33-35-37-39-41-43-45-47-49-51-53-55-61(65)62-59(58-69-70(66,67)68-57-56-63(3,4)5)60(64)54-52-50-48-46-44-42-40-38-36-34-27-25-23-21-19-17-15-13-11-9-7-2/h30-31,44,46,52,54,59-60,64H,6-29,32-43,45,47-51,53,55-58H2,1-5H3,(H-,62,65,66,67)/b31-30-,46-44+,54-52+. The molecule has 3 unspecified atom stereocenters. The van der Waals surface area contributed by atoms with Crippen LogP contribution in [0.25, 0.3) is 0 Å². The van der Waals surface area contributed by atoms with E-state index in [1.807, 2.05) is 27.2 Å². The first kappa shape index (κ1) is 68.7. The summed E-state index contributed by atoms with van der Waals surface area (Å²) in [4.78, 5) is 25.5. The number of unbranched alkanes of at least 4 members (excludes halogenated alkanes) is 39. The van der Waals surface area contributed by atoms with Gasteiger partial charge >= 0.3 is 0 Å². The van der Waals surface area contributed by atoms with Gasteiger partial charge in [-0.15, -0.1) is 0 Å². The quantitative estimate of drug-likeness (QED) is 0.0272. The third-order valence-electron chi connectivity index (χ3n) is 13.8. The van der Waals surface area contributed by atoms with Crippen molar-refractivity contribution in [3.05, 3.63) is 36.5 Å². The molecule has 0 aromatic carbocycles. The van der Waals surface area contributed by atoms with Crippen LogP contribution in [0, 0.1) is 0 Å². The van der Waals surface area contributed by atoms with E-state index in [0.29, 0.717) is 17.4 Å². The van der Waals surface area contributed by atoms with Crippen molar-refractivity contribution in [2.24, 2.45) is 0 Å². The van der Waals surface area contributed by atoms with Crippen LogP contribution in [0.15, 0.2) is 36.5 Å². The molecule has 0 fully saturated rings. The summed E-state index contributed by atoms with van der Waals surface area (Å²) in [6, 6.07) is -0.904. The maximum Gasteiger partial charge on any atom is 0.268 e. The first-order chi connectivity index (χ1) is 34.0. The Morgan fingerprint density at radius 1 is 0.486 bits per heavy atom. The minimum atomic E-state index is -4.61. The highest BCUT2D eigenvalue weighted by Crippen LogP contribution is 2.38. The Bertz CT molecular complexity index is 1230. The maximum absolute atomic E-state index is 13.0. The minimum absolute atomic E-state index is 0.00560. The number of phosphoric ester groups is 1. The molecule has 2 N–H and O–H groups in total. The Balaban J connectivity index is 4.19. The van der Waals surface area contributed by atoms with Crippen LogP contribution < -0.4 is 10.2 Å². The minimum Gasteiger partial charge on any atom is -0.756 e. The average Bonchev–Trinajstić information content (AvgIpc) is 3.32. The number of hydrogen-bond acceptors (Lipinski definition) is 6. The number of nitrogens with one attached hydrogen (secondary N) is 1. The van der Waals surface area contributed by atoms with E-state index in [9.17, 15) is 19.4 Å². The van der Waals surface area contributed by atoms with Gasteiger partial charge in [-0.2, -0.15) is 0 Å². The zero-order valence-corrected chi connectivity index (χ0v) is 48.1. The number of allylic oxidation sites excluding steroid dienone is 5. The average molecular weight is 1010 g/mol. The van der Waals surface area contributed by atoms with Gasteiger partial charge < -0.3 is 28.8 Å². The number of aliphatic hydroxyl groups excluding tert-OH is 1. The van der Waals surface area contributed by atoms with E-state index in [1.165, 1.54) is 238 Å². The van der Waals surface area contributed by atoms with Gasteiger partial charge in [0.25, 0.3) is 7.82 Å². The van der Waals surface area contributed by atoms with Crippen LogP contribution in [0.5, 0.6) is 0 Å². The fraction of sp³-hybridized carbons (Fsp3) is 0.885. The summed E-state index contributed by atoms with van der Waals surface area (Å²) in [5.74, 6) is -0.204. The lowest BCUT2D eigenvalue weighted by molar-refractivity contribution is -0.870. The molecule has 414 valence electrons. The van der Waals surface area contributed by atoms with Gasteiger partial charge in [-0.3, -0.25) is 9.36 Å². The molecule has 0 aliphatic rings. The summed E-state index contributed by atoms with van der Waals surface area (Å²) in [6.07, 6.45) is 68.1. The molecular weight excluding hydrogens is 888 g/mol. The van der Waals surface area contributed by atoms with Gasteiger partial charge in [-0.1, -0.05) is 269 Å². The van der Waals surface area contributed by atoms with Gasteiger partial charge in [0.1, 0.15) is 13.2 Å². The summed E-state index contributed by atoms with van der Waals surface area (Å²) < 4.78 is 23.4. The van der Waals surface area contributed by atoms with Crippen molar-refractivity contribution in [1.29, 1.82) is 0 Å². The highest BCUT2D eigenvalue weighted by Gasteiger charge is 2.23. The molecule has 0 heterocycles. The van der Waals surface area contributed by atoms with Crippen molar-refractivity contribution in [3.8, 4) is 0 Å². The molecule has 0 radical (unpaired) electrons. The first-order valence-corrected chi connectivity index (χ1v) is 31.8. The molecule has 8 nitrogen and oxygen atoms in total. The van der Waals surface area contributed by atoms with Crippen LogP contribution in [0.1, 0.15) is 296 Å². The van der Waals surface area contributed by atoms with Crippen LogP contribution >= 0.6 is 7.82 Å². The molecule has 0 aromatic heterocycles. The fourth-order valence-electron chi connectivity index (χ4n) is 9.05. The van der Waals surface area contributed by atoms with Gasteiger partial charge in [0.2, 0.25) is 5.91 Å². The lowest BCUT2D eigenvalue weighted by atomic mass is 10.0. The maximum atomic E-state index is 13.0. The van der Waals surface area contributed by atoms with Gasteiger partial charge in [0.15, 0.2) is 0 Å². The molecular formula is C61H119N2O6P.